The molecule has 1 amide bonds. The normalized spacial score (nSPS) is 14.9. The number of ether oxygens (including phenoxy) is 1. The summed E-state index contributed by atoms with van der Waals surface area (Å²) in [6.45, 7) is 3.42. The number of halogens is 1. The Balaban J connectivity index is 1.30. The van der Waals surface area contributed by atoms with Crippen LogP contribution in [-0.2, 0) is 17.8 Å². The van der Waals surface area contributed by atoms with Gasteiger partial charge in [0.1, 0.15) is 5.75 Å². The zero-order chi connectivity index (χ0) is 20.2. The Bertz CT molecular complexity index is 968. The number of hydrogen-bond donors (Lipinski definition) is 0. The number of nitrogens with zero attached hydrogens (tertiary/aromatic N) is 4. The molecule has 7 nitrogen and oxygen atoms in total. The van der Waals surface area contributed by atoms with Gasteiger partial charge in [0.25, 0.3) is 0 Å². The fourth-order valence-electron chi connectivity index (χ4n) is 3.33. The molecule has 0 unspecified atom stereocenters. The molecular formula is C20H21ClN4O3S. The van der Waals surface area contributed by atoms with Crippen molar-refractivity contribution in [3.63, 3.8) is 0 Å². The van der Waals surface area contributed by atoms with Gasteiger partial charge in [0.2, 0.25) is 17.6 Å². The average Bonchev–Trinajstić information content (AvgIpc) is 3.40. The lowest BCUT2D eigenvalue weighted by molar-refractivity contribution is -0.132. The van der Waals surface area contributed by atoms with Gasteiger partial charge in [-0.1, -0.05) is 22.8 Å². The van der Waals surface area contributed by atoms with Crippen LogP contribution in [0.3, 0.4) is 0 Å². The lowest BCUT2D eigenvalue weighted by Crippen LogP contribution is -2.48. The van der Waals surface area contributed by atoms with Crippen LogP contribution in [0.1, 0.15) is 11.5 Å². The first-order chi connectivity index (χ1) is 14.1. The highest BCUT2D eigenvalue weighted by Crippen LogP contribution is 2.24. The van der Waals surface area contributed by atoms with E-state index in [0.29, 0.717) is 42.1 Å². The fourth-order valence-corrected chi connectivity index (χ4v) is 4.18. The monoisotopic (exact) mass is 432 g/mol. The summed E-state index contributed by atoms with van der Waals surface area (Å²) in [5.74, 6) is 1.97. The first-order valence-electron chi connectivity index (χ1n) is 9.31. The Kier molecular flexibility index (Phi) is 6.13. The third-order valence-electron chi connectivity index (χ3n) is 4.88. The Labute approximate surface area is 177 Å². The molecule has 29 heavy (non-hydrogen) atoms. The number of amides is 1. The SMILES string of the molecule is COc1ccc(Cl)cc1CC(=O)N1CCN(Cc2nc(-c3cccs3)no2)CC1. The summed E-state index contributed by atoms with van der Waals surface area (Å²) in [6.07, 6.45) is 0.275. The van der Waals surface area contributed by atoms with Gasteiger partial charge in [-0.3, -0.25) is 9.69 Å². The maximum absolute atomic E-state index is 12.7. The summed E-state index contributed by atoms with van der Waals surface area (Å²) in [4.78, 5) is 22.3. The van der Waals surface area contributed by atoms with Gasteiger partial charge in [-0.15, -0.1) is 11.3 Å². The zero-order valence-corrected chi connectivity index (χ0v) is 17.6. The molecule has 0 radical (unpaired) electrons. The van der Waals surface area contributed by atoms with Gasteiger partial charge in [0.05, 0.1) is 25.0 Å². The minimum atomic E-state index is 0.0722. The summed E-state index contributed by atoms with van der Waals surface area (Å²) in [6, 6.07) is 9.27. The van der Waals surface area contributed by atoms with Crippen LogP contribution in [0.25, 0.3) is 10.7 Å². The molecule has 1 fully saturated rings. The Morgan fingerprint density at radius 2 is 2.10 bits per heavy atom. The van der Waals surface area contributed by atoms with E-state index in [-0.39, 0.29) is 12.3 Å². The molecular weight excluding hydrogens is 412 g/mol. The maximum atomic E-state index is 12.7. The quantitative estimate of drug-likeness (QED) is 0.594. The fraction of sp³-hybridized carbons (Fsp3) is 0.350. The molecule has 1 aliphatic rings. The third kappa shape index (κ3) is 4.77. The first kappa shape index (κ1) is 19.9. The van der Waals surface area contributed by atoms with Crippen molar-refractivity contribution in [2.75, 3.05) is 33.3 Å². The second-order valence-electron chi connectivity index (χ2n) is 6.78. The molecule has 4 rings (SSSR count). The highest BCUT2D eigenvalue weighted by molar-refractivity contribution is 7.13. The summed E-state index contributed by atoms with van der Waals surface area (Å²) in [7, 11) is 1.59. The van der Waals surface area contributed by atoms with Crippen molar-refractivity contribution in [3.05, 3.63) is 52.2 Å². The smallest absolute Gasteiger partial charge is 0.241 e. The standard InChI is InChI=1S/C20H21ClN4O3S/c1-27-16-5-4-15(21)11-14(16)12-19(26)25-8-6-24(7-9-25)13-18-22-20(23-28-18)17-3-2-10-29-17/h2-5,10-11H,6-9,12-13H2,1H3. The Morgan fingerprint density at radius 3 is 2.83 bits per heavy atom. The topological polar surface area (TPSA) is 71.7 Å². The van der Waals surface area contributed by atoms with Crippen molar-refractivity contribution in [1.29, 1.82) is 0 Å². The zero-order valence-electron chi connectivity index (χ0n) is 16.0. The molecule has 152 valence electrons. The highest BCUT2D eigenvalue weighted by Gasteiger charge is 2.23. The molecule has 3 heterocycles. The number of carbonyl (C=O) groups is 1. The minimum absolute atomic E-state index is 0.0722. The number of benzene rings is 1. The second kappa shape index (κ2) is 8.94. The number of methoxy groups -OCH3 is 1. The predicted molar refractivity (Wildman–Crippen MR) is 111 cm³/mol. The molecule has 0 N–H and O–H groups in total. The summed E-state index contributed by atoms with van der Waals surface area (Å²) in [5.41, 5.74) is 0.805. The van der Waals surface area contributed by atoms with Crippen LogP contribution in [0.5, 0.6) is 5.75 Å². The van der Waals surface area contributed by atoms with Crippen LogP contribution in [0, 0.1) is 0 Å². The van der Waals surface area contributed by atoms with Crippen LogP contribution in [0.2, 0.25) is 5.02 Å². The molecule has 2 aromatic heterocycles. The summed E-state index contributed by atoms with van der Waals surface area (Å²) >= 11 is 7.65. The lowest BCUT2D eigenvalue weighted by atomic mass is 10.1. The van der Waals surface area contributed by atoms with E-state index in [1.54, 1.807) is 36.6 Å². The number of carbonyl (C=O) groups excluding carboxylic acids is 1. The van der Waals surface area contributed by atoms with Gasteiger partial charge in [-0.25, -0.2) is 0 Å². The number of rotatable bonds is 6. The molecule has 0 saturated carbocycles. The van der Waals surface area contributed by atoms with Gasteiger partial charge in [0.15, 0.2) is 0 Å². The summed E-state index contributed by atoms with van der Waals surface area (Å²) in [5, 5.41) is 6.63. The van der Waals surface area contributed by atoms with Gasteiger partial charge >= 0.3 is 0 Å². The van der Waals surface area contributed by atoms with Crippen LogP contribution >= 0.6 is 22.9 Å². The number of hydrogen-bond acceptors (Lipinski definition) is 7. The van der Waals surface area contributed by atoms with Crippen LogP contribution in [0.4, 0.5) is 0 Å². The maximum Gasteiger partial charge on any atom is 0.241 e. The molecule has 3 aromatic rings. The van der Waals surface area contributed by atoms with Crippen molar-refractivity contribution < 1.29 is 14.1 Å². The number of piperazine rings is 1. The molecule has 9 heteroatoms. The van der Waals surface area contributed by atoms with Gasteiger partial charge < -0.3 is 14.2 Å². The van der Waals surface area contributed by atoms with E-state index in [0.717, 1.165) is 23.5 Å². The van der Waals surface area contributed by atoms with E-state index in [4.69, 9.17) is 20.9 Å². The highest BCUT2D eigenvalue weighted by atomic mass is 35.5. The van der Waals surface area contributed by atoms with Crippen molar-refractivity contribution in [2.24, 2.45) is 0 Å². The van der Waals surface area contributed by atoms with Crippen molar-refractivity contribution in [2.45, 2.75) is 13.0 Å². The van der Waals surface area contributed by atoms with Gasteiger partial charge in [0, 0.05) is 36.8 Å². The first-order valence-corrected chi connectivity index (χ1v) is 10.6. The second-order valence-corrected chi connectivity index (χ2v) is 8.16. The molecule has 0 bridgehead atoms. The van der Waals surface area contributed by atoms with Crippen molar-refractivity contribution >= 4 is 28.8 Å². The summed E-state index contributed by atoms with van der Waals surface area (Å²) < 4.78 is 10.7. The average molecular weight is 433 g/mol. The van der Waals surface area contributed by atoms with E-state index in [1.807, 2.05) is 22.4 Å². The van der Waals surface area contributed by atoms with Crippen LogP contribution in [0.15, 0.2) is 40.2 Å². The largest absolute Gasteiger partial charge is 0.496 e. The number of thiophene rings is 1. The minimum Gasteiger partial charge on any atom is -0.496 e. The predicted octanol–water partition coefficient (Wildman–Crippen LogP) is 3.35. The van der Waals surface area contributed by atoms with Crippen molar-refractivity contribution in [1.82, 2.24) is 19.9 Å². The van der Waals surface area contributed by atoms with E-state index < -0.39 is 0 Å². The Hall–Kier alpha value is -2.42. The molecule has 1 aromatic carbocycles. The van der Waals surface area contributed by atoms with E-state index >= 15 is 0 Å². The van der Waals surface area contributed by atoms with E-state index in [9.17, 15) is 4.79 Å². The molecule has 0 spiro atoms. The van der Waals surface area contributed by atoms with E-state index in [2.05, 4.69) is 15.0 Å². The third-order valence-corrected chi connectivity index (χ3v) is 5.98. The van der Waals surface area contributed by atoms with Crippen molar-refractivity contribution in [3.8, 4) is 16.5 Å². The number of aromatic nitrogens is 2. The van der Waals surface area contributed by atoms with E-state index in [1.165, 1.54) is 0 Å². The molecule has 1 aliphatic heterocycles. The van der Waals surface area contributed by atoms with Crippen LogP contribution in [-0.4, -0.2) is 59.1 Å². The molecule has 0 aliphatic carbocycles. The van der Waals surface area contributed by atoms with Gasteiger partial charge in [-0.05, 0) is 29.6 Å². The van der Waals surface area contributed by atoms with Gasteiger partial charge in [-0.2, -0.15) is 4.98 Å². The lowest BCUT2D eigenvalue weighted by Gasteiger charge is -2.34. The molecule has 1 saturated heterocycles. The molecule has 0 atom stereocenters. The van der Waals surface area contributed by atoms with Crippen LogP contribution < -0.4 is 4.74 Å². The Morgan fingerprint density at radius 1 is 1.28 bits per heavy atom.